The van der Waals surface area contributed by atoms with Crippen LogP contribution in [0.5, 0.6) is 0 Å². The Bertz CT molecular complexity index is 1590. The first kappa shape index (κ1) is 40.7. The van der Waals surface area contributed by atoms with Gasteiger partial charge in [0.1, 0.15) is 6.29 Å². The zero-order valence-corrected chi connectivity index (χ0v) is 28.9. The predicted molar refractivity (Wildman–Crippen MR) is 182 cm³/mol. The van der Waals surface area contributed by atoms with Crippen LogP contribution in [0, 0.1) is 10.8 Å². The molecule has 1 heterocycles. The Morgan fingerprint density at radius 1 is 0.720 bits per heavy atom. The van der Waals surface area contributed by atoms with E-state index in [4.69, 9.17) is 42.3 Å². The van der Waals surface area contributed by atoms with Gasteiger partial charge in [-0.05, 0) is 12.1 Å². The summed E-state index contributed by atoms with van der Waals surface area (Å²) in [5, 5.41) is 2.86. The molecule has 0 radical (unpaired) electrons. The van der Waals surface area contributed by atoms with Crippen molar-refractivity contribution >= 4 is 29.0 Å². The minimum atomic E-state index is -0.831. The van der Waals surface area contributed by atoms with Gasteiger partial charge in [0, 0.05) is 44.9 Å². The van der Waals surface area contributed by atoms with Crippen LogP contribution in [0.1, 0.15) is 16.8 Å². The number of amides is 1. The van der Waals surface area contributed by atoms with Crippen LogP contribution in [0.3, 0.4) is 0 Å². The van der Waals surface area contributed by atoms with E-state index in [1.54, 1.807) is 12.1 Å². The number of aldehydes is 1. The molecule has 3 rings (SSSR count). The van der Waals surface area contributed by atoms with E-state index in [0.717, 1.165) is 18.0 Å². The average molecular weight is 708 g/mol. The van der Waals surface area contributed by atoms with Crippen molar-refractivity contribution in [3.8, 4) is 0 Å². The van der Waals surface area contributed by atoms with Gasteiger partial charge in [0.25, 0.3) is 11.3 Å². The summed E-state index contributed by atoms with van der Waals surface area (Å²) in [6.07, 6.45) is 1.22. The molecule has 2 aliphatic rings. The van der Waals surface area contributed by atoms with Gasteiger partial charge in [-0.3, -0.25) is 14.4 Å². The Kier molecular flexibility index (Phi) is 19.9. The molecule has 50 heavy (non-hydrogen) atoms. The molecule has 1 amide bonds. The predicted octanol–water partition coefficient (Wildman–Crippen LogP) is 0.724. The van der Waals surface area contributed by atoms with Crippen molar-refractivity contribution in [3.05, 3.63) is 61.0 Å². The smallest absolute Gasteiger partial charge is 0.270 e. The molecule has 0 saturated heterocycles. The van der Waals surface area contributed by atoms with Crippen LogP contribution >= 0.6 is 0 Å². The lowest BCUT2D eigenvalue weighted by atomic mass is 10.2. The molecule has 16 heteroatoms. The molecule has 0 fully saturated rings. The van der Waals surface area contributed by atoms with E-state index in [1.807, 2.05) is 25.1 Å². The second kappa shape index (κ2) is 24.4. The second-order valence-electron chi connectivity index (χ2n) is 10.9. The van der Waals surface area contributed by atoms with Crippen LogP contribution in [-0.2, 0) is 42.7 Å². The number of ether oxygens (including phenoxy) is 8. The third kappa shape index (κ3) is 15.0. The Labute approximate surface area is 289 Å². The van der Waals surface area contributed by atoms with E-state index in [0.29, 0.717) is 117 Å². The molecule has 0 unspecified atom stereocenters. The Morgan fingerprint density at radius 2 is 1.20 bits per heavy atom. The summed E-state index contributed by atoms with van der Waals surface area (Å²) in [6, 6.07) is 6.40. The molecule has 1 aliphatic heterocycles. The molecule has 2 N–H and O–H groups in total. The van der Waals surface area contributed by atoms with E-state index in [2.05, 4.69) is 10.3 Å². The van der Waals surface area contributed by atoms with Crippen molar-refractivity contribution in [2.75, 3.05) is 131 Å². The van der Waals surface area contributed by atoms with Crippen LogP contribution in [0.2, 0.25) is 0 Å². The van der Waals surface area contributed by atoms with Crippen molar-refractivity contribution in [1.29, 1.82) is 0 Å². The van der Waals surface area contributed by atoms with Gasteiger partial charge in [0.05, 0.1) is 122 Å². The number of benzene rings is 1. The number of carbonyl (C=O) groups is 2. The number of aromatic amines is 1. The minimum Gasteiger partial charge on any atom is -0.449 e. The molecule has 0 bridgehead atoms. The quantitative estimate of drug-likeness (QED) is 0.0584. The van der Waals surface area contributed by atoms with E-state index in [1.165, 1.54) is 0 Å². The highest BCUT2D eigenvalue weighted by Gasteiger charge is 2.16. The van der Waals surface area contributed by atoms with Crippen LogP contribution in [0.15, 0.2) is 38.3 Å². The van der Waals surface area contributed by atoms with Crippen LogP contribution < -0.4 is 21.1 Å². The summed E-state index contributed by atoms with van der Waals surface area (Å²) in [5.41, 5.74) is -0.0332. The highest BCUT2D eigenvalue weighted by atomic mass is 16.6. The summed E-state index contributed by atoms with van der Waals surface area (Å²) in [6.45, 7) is 6.93. The second-order valence-corrected chi connectivity index (χ2v) is 10.9. The fourth-order valence-corrected chi connectivity index (χ4v) is 4.34. The number of anilines is 1. The summed E-state index contributed by atoms with van der Waals surface area (Å²) in [5.74, 6) is -0.536. The number of nitrogens with one attached hydrogen (secondary N) is 2. The molecule has 0 aromatic heterocycles. The zero-order chi connectivity index (χ0) is 35.8. The summed E-state index contributed by atoms with van der Waals surface area (Å²) >= 11 is 0. The number of nitrogens with zero attached hydrogens (tertiary/aromatic N) is 1. The van der Waals surface area contributed by atoms with Crippen molar-refractivity contribution in [2.24, 2.45) is 0 Å². The number of hydrogen-bond acceptors (Lipinski definition) is 14. The van der Waals surface area contributed by atoms with Gasteiger partial charge < -0.3 is 62.3 Å². The SMILES string of the molecule is CN(C)c1ccc2[nH]c3c(C(=O)NCCOCCOCCOCCOCCOCCOCCOCCOCCC=O)cc(=O)c(=O)c=3oc2c1. The first-order chi connectivity index (χ1) is 24.4. The Hall–Kier alpha value is -3.74. The third-order valence-corrected chi connectivity index (χ3v) is 6.92. The van der Waals surface area contributed by atoms with Crippen LogP contribution in [-0.4, -0.2) is 144 Å². The first-order valence-corrected chi connectivity index (χ1v) is 16.6. The average Bonchev–Trinajstić information content (AvgIpc) is 3.11. The number of carbonyl (C=O) groups excluding carboxylic acids is 2. The number of rotatable bonds is 29. The van der Waals surface area contributed by atoms with Gasteiger partial charge in [-0.15, -0.1) is 0 Å². The van der Waals surface area contributed by atoms with E-state index in [9.17, 15) is 19.2 Å². The molecule has 0 saturated carbocycles. The third-order valence-electron chi connectivity index (χ3n) is 6.92. The number of H-pyrrole nitrogens is 1. The maximum absolute atomic E-state index is 12.9. The van der Waals surface area contributed by atoms with E-state index < -0.39 is 16.8 Å². The summed E-state index contributed by atoms with van der Waals surface area (Å²) in [7, 11) is 3.74. The van der Waals surface area contributed by atoms with Crippen molar-refractivity contribution in [3.63, 3.8) is 0 Å². The van der Waals surface area contributed by atoms with Crippen LogP contribution in [0.25, 0.3) is 11.1 Å². The highest BCUT2D eigenvalue weighted by molar-refractivity contribution is 5.94. The van der Waals surface area contributed by atoms with Gasteiger partial charge in [-0.2, -0.15) is 0 Å². The fraction of sp³-hybridized carbons (Fsp3) is 0.588. The highest BCUT2D eigenvalue weighted by Crippen LogP contribution is 2.20. The van der Waals surface area contributed by atoms with E-state index >= 15 is 0 Å². The topological polar surface area (TPSA) is 186 Å². The molecule has 1 aromatic rings. The minimum absolute atomic E-state index is 0.0148. The lowest BCUT2D eigenvalue weighted by Crippen LogP contribution is -2.32. The number of fused-ring (bicyclic) bond motifs is 1. The van der Waals surface area contributed by atoms with Gasteiger partial charge in [0.15, 0.2) is 5.58 Å². The largest absolute Gasteiger partial charge is 0.449 e. The first-order valence-electron chi connectivity index (χ1n) is 16.6. The molecule has 0 atom stereocenters. The van der Waals surface area contributed by atoms with Gasteiger partial charge >= 0.3 is 0 Å². The maximum Gasteiger partial charge on any atom is 0.270 e. The molecule has 1 aliphatic carbocycles. The lowest BCUT2D eigenvalue weighted by molar-refractivity contribution is -0.109. The van der Waals surface area contributed by atoms with Crippen molar-refractivity contribution < 1.29 is 51.9 Å². The van der Waals surface area contributed by atoms with Crippen molar-refractivity contribution in [1.82, 2.24) is 10.3 Å². The van der Waals surface area contributed by atoms with Crippen molar-refractivity contribution in [2.45, 2.75) is 6.42 Å². The normalized spacial score (nSPS) is 11.4. The molecule has 278 valence electrons. The summed E-state index contributed by atoms with van der Waals surface area (Å²) in [4.78, 5) is 52.8. The molecule has 0 spiro atoms. The van der Waals surface area contributed by atoms with Gasteiger partial charge in [-0.25, -0.2) is 0 Å². The zero-order valence-electron chi connectivity index (χ0n) is 28.9. The Morgan fingerprint density at radius 3 is 1.68 bits per heavy atom. The molecule has 16 nitrogen and oxygen atoms in total. The number of aromatic nitrogens is 1. The van der Waals surface area contributed by atoms with Gasteiger partial charge in [0.2, 0.25) is 10.8 Å². The molecule has 1 aromatic carbocycles. The van der Waals surface area contributed by atoms with Crippen LogP contribution in [0.4, 0.5) is 5.69 Å². The molecular formula is C34H49N3O13. The molecular weight excluding hydrogens is 658 g/mol. The standard InChI is InChI=1S/C34H49N3O13/c1-37(2)26-4-5-28-30(24-26)50-33-31(36-28)27(25-29(39)32(33)40)34(41)35-6-9-43-11-13-45-15-17-47-19-21-49-23-22-48-20-18-46-16-14-44-12-10-42-8-3-7-38/h4-5,7,24-25,36H,3,6,8-23H2,1-2H3,(H,35,41). The number of hydrogen-bond donors (Lipinski definition) is 2. The monoisotopic (exact) mass is 707 g/mol. The Balaban J connectivity index is 1.14. The summed E-state index contributed by atoms with van der Waals surface area (Å²) < 4.78 is 49.1. The maximum atomic E-state index is 12.9. The lowest BCUT2D eigenvalue weighted by Gasteiger charge is -2.13. The fourth-order valence-electron chi connectivity index (χ4n) is 4.34. The van der Waals surface area contributed by atoms with E-state index in [-0.39, 0.29) is 29.5 Å². The van der Waals surface area contributed by atoms with Gasteiger partial charge in [-0.1, -0.05) is 0 Å².